The first-order valence-corrected chi connectivity index (χ1v) is 7.19. The largest absolute Gasteiger partial charge is 0.466 e. The van der Waals surface area contributed by atoms with Crippen LogP contribution in [0, 0.1) is 5.82 Å². The van der Waals surface area contributed by atoms with E-state index in [-0.39, 0.29) is 25.3 Å². The molecule has 0 heterocycles. The third kappa shape index (κ3) is 3.80. The zero-order valence-electron chi connectivity index (χ0n) is 12.4. The summed E-state index contributed by atoms with van der Waals surface area (Å²) in [6, 6.07) is 4.85. The molecule has 2 N–H and O–H groups in total. The molecule has 1 aliphatic carbocycles. The van der Waals surface area contributed by atoms with Crippen LogP contribution in [-0.4, -0.2) is 24.3 Å². The zero-order chi connectivity index (χ0) is 16.2. The average molecular weight is 307 g/mol. The number of carbonyl (C=O) groups excluding carboxylic acids is 1. The van der Waals surface area contributed by atoms with Gasteiger partial charge in [-0.2, -0.15) is 0 Å². The first-order chi connectivity index (χ1) is 10.4. The highest BCUT2D eigenvalue weighted by Gasteiger charge is 2.38. The fourth-order valence-corrected chi connectivity index (χ4v) is 2.42. The highest BCUT2D eigenvalue weighted by molar-refractivity contribution is 5.72. The lowest BCUT2D eigenvalue weighted by Gasteiger charge is -2.31. The van der Waals surface area contributed by atoms with Gasteiger partial charge in [-0.15, -0.1) is 0 Å². The van der Waals surface area contributed by atoms with E-state index in [1.807, 2.05) is 0 Å². The van der Waals surface area contributed by atoms with E-state index in [9.17, 15) is 9.18 Å². The molecule has 0 bridgehead atoms. The van der Waals surface area contributed by atoms with Crippen LogP contribution in [0.1, 0.15) is 25.3 Å². The summed E-state index contributed by atoms with van der Waals surface area (Å²) < 4.78 is 32.8. The number of nitrogens with two attached hydrogens (primary N) is 1. The summed E-state index contributed by atoms with van der Waals surface area (Å²) in [7, 11) is 0. The molecule has 0 amide bonds. The minimum atomic E-state index is -1.83. The summed E-state index contributed by atoms with van der Waals surface area (Å²) in [5.74, 6) is -0.862. The Balaban J connectivity index is 2.11. The Kier molecular flexibility index (Phi) is 5.08. The fraction of sp³-hybridized carbons (Fsp3) is 0.353. The van der Waals surface area contributed by atoms with E-state index in [1.165, 1.54) is 18.2 Å². The van der Waals surface area contributed by atoms with Gasteiger partial charge in [0.2, 0.25) is 0 Å². The first kappa shape index (κ1) is 16.4. The van der Waals surface area contributed by atoms with Gasteiger partial charge in [-0.25, -0.2) is 8.78 Å². The number of hydrogen-bond donors (Lipinski definition) is 1. The van der Waals surface area contributed by atoms with Crippen LogP contribution in [0.25, 0.3) is 5.57 Å². The van der Waals surface area contributed by atoms with Gasteiger partial charge in [0.05, 0.1) is 19.1 Å². The van der Waals surface area contributed by atoms with Crippen molar-refractivity contribution >= 4 is 11.5 Å². The quantitative estimate of drug-likeness (QED) is 0.850. The Hall–Kier alpha value is -2.01. The lowest BCUT2D eigenvalue weighted by Crippen LogP contribution is -2.45. The summed E-state index contributed by atoms with van der Waals surface area (Å²) in [6.45, 7) is 1.92. The van der Waals surface area contributed by atoms with E-state index < -0.39 is 17.7 Å². The number of ether oxygens (including phenoxy) is 1. The maximum atomic E-state index is 15.0. The van der Waals surface area contributed by atoms with E-state index in [0.29, 0.717) is 5.57 Å². The maximum absolute atomic E-state index is 15.0. The van der Waals surface area contributed by atoms with Gasteiger partial charge in [0.15, 0.2) is 0 Å². The lowest BCUT2D eigenvalue weighted by atomic mass is 9.82. The summed E-state index contributed by atoms with van der Waals surface area (Å²) in [5.41, 5.74) is 5.48. The van der Waals surface area contributed by atoms with Crippen LogP contribution in [0.2, 0.25) is 0 Å². The Morgan fingerprint density at radius 2 is 2.09 bits per heavy atom. The van der Waals surface area contributed by atoms with Gasteiger partial charge in [-0.05, 0) is 36.3 Å². The smallest absolute Gasteiger partial charge is 0.307 e. The van der Waals surface area contributed by atoms with Crippen molar-refractivity contribution in [3.05, 3.63) is 53.9 Å². The highest BCUT2D eigenvalue weighted by Crippen LogP contribution is 2.35. The molecule has 0 radical (unpaired) electrons. The number of esters is 1. The number of carbonyl (C=O) groups is 1. The molecule has 2 atom stereocenters. The predicted octanol–water partition coefficient (Wildman–Crippen LogP) is 3.16. The molecule has 1 aromatic rings. The molecule has 5 heteroatoms. The molecule has 22 heavy (non-hydrogen) atoms. The summed E-state index contributed by atoms with van der Waals surface area (Å²) in [5, 5.41) is 0. The SMILES string of the molecule is CCOC(=O)CC(N)C1(F)C=CC=C(c2ccc(F)cc2)C1. The van der Waals surface area contributed by atoms with Crippen LogP contribution >= 0.6 is 0 Å². The molecule has 118 valence electrons. The molecule has 0 saturated carbocycles. The van der Waals surface area contributed by atoms with E-state index >= 15 is 4.39 Å². The van der Waals surface area contributed by atoms with Crippen LogP contribution < -0.4 is 5.73 Å². The van der Waals surface area contributed by atoms with Gasteiger partial charge in [0.1, 0.15) is 11.5 Å². The normalized spacial score (nSPS) is 22.1. The van der Waals surface area contributed by atoms with Gasteiger partial charge in [-0.1, -0.05) is 24.3 Å². The minimum Gasteiger partial charge on any atom is -0.466 e. The van der Waals surface area contributed by atoms with Crippen molar-refractivity contribution in [3.63, 3.8) is 0 Å². The second kappa shape index (κ2) is 6.83. The molecule has 0 saturated heterocycles. The van der Waals surface area contributed by atoms with Crippen molar-refractivity contribution in [1.82, 2.24) is 0 Å². The minimum absolute atomic E-state index is 0.0374. The maximum Gasteiger partial charge on any atom is 0.307 e. The Morgan fingerprint density at radius 1 is 1.41 bits per heavy atom. The average Bonchev–Trinajstić information content (AvgIpc) is 2.48. The van der Waals surface area contributed by atoms with Crippen LogP contribution in [-0.2, 0) is 9.53 Å². The molecule has 0 aliphatic heterocycles. The molecule has 2 rings (SSSR count). The third-order valence-electron chi connectivity index (χ3n) is 3.66. The number of alkyl halides is 1. The predicted molar refractivity (Wildman–Crippen MR) is 81.2 cm³/mol. The summed E-state index contributed by atoms with van der Waals surface area (Å²) >= 11 is 0. The third-order valence-corrected chi connectivity index (χ3v) is 3.66. The fourth-order valence-electron chi connectivity index (χ4n) is 2.42. The summed E-state index contributed by atoms with van der Waals surface area (Å²) in [4.78, 5) is 11.5. The van der Waals surface area contributed by atoms with Gasteiger partial charge >= 0.3 is 5.97 Å². The Bertz CT molecular complexity index is 595. The molecular formula is C17H19F2NO2. The molecule has 2 unspecified atom stereocenters. The van der Waals surface area contributed by atoms with Crippen LogP contribution in [0.15, 0.2) is 42.5 Å². The van der Waals surface area contributed by atoms with Crippen molar-refractivity contribution in [1.29, 1.82) is 0 Å². The molecule has 3 nitrogen and oxygen atoms in total. The van der Waals surface area contributed by atoms with Crippen molar-refractivity contribution in [3.8, 4) is 0 Å². The number of benzene rings is 1. The lowest BCUT2D eigenvalue weighted by molar-refractivity contribution is -0.144. The zero-order valence-corrected chi connectivity index (χ0v) is 12.4. The molecule has 0 fully saturated rings. The van der Waals surface area contributed by atoms with Crippen molar-refractivity contribution in [2.75, 3.05) is 6.61 Å². The second-order valence-corrected chi connectivity index (χ2v) is 5.28. The molecule has 1 aliphatic rings. The standard InChI is InChI=1S/C17H19F2NO2/c1-2-22-16(21)10-15(20)17(19)9-3-4-13(11-17)12-5-7-14(18)8-6-12/h3-9,15H,2,10-11,20H2,1H3. The topological polar surface area (TPSA) is 52.3 Å². The van der Waals surface area contributed by atoms with E-state index in [4.69, 9.17) is 10.5 Å². The first-order valence-electron chi connectivity index (χ1n) is 7.19. The van der Waals surface area contributed by atoms with Gasteiger partial charge in [0, 0.05) is 6.42 Å². The van der Waals surface area contributed by atoms with Gasteiger partial charge < -0.3 is 10.5 Å². The van der Waals surface area contributed by atoms with Crippen molar-refractivity contribution in [2.45, 2.75) is 31.5 Å². The van der Waals surface area contributed by atoms with Gasteiger partial charge in [0.25, 0.3) is 0 Å². The number of allylic oxidation sites excluding steroid dienone is 3. The molecule has 0 spiro atoms. The molecule has 0 aromatic heterocycles. The van der Waals surface area contributed by atoms with E-state index in [1.54, 1.807) is 31.2 Å². The number of rotatable bonds is 5. The van der Waals surface area contributed by atoms with Crippen molar-refractivity contribution < 1.29 is 18.3 Å². The highest BCUT2D eigenvalue weighted by atomic mass is 19.1. The Labute approximate surface area is 128 Å². The Morgan fingerprint density at radius 3 is 2.73 bits per heavy atom. The summed E-state index contributed by atoms with van der Waals surface area (Å²) in [6.07, 6.45) is 4.56. The van der Waals surface area contributed by atoms with E-state index in [0.717, 1.165) is 5.56 Å². The molecular weight excluding hydrogens is 288 g/mol. The molecule has 1 aromatic carbocycles. The second-order valence-electron chi connectivity index (χ2n) is 5.28. The monoisotopic (exact) mass is 307 g/mol. The van der Waals surface area contributed by atoms with Crippen LogP contribution in [0.5, 0.6) is 0 Å². The van der Waals surface area contributed by atoms with Crippen molar-refractivity contribution in [2.24, 2.45) is 5.73 Å². The van der Waals surface area contributed by atoms with E-state index in [2.05, 4.69) is 0 Å². The van der Waals surface area contributed by atoms with Crippen LogP contribution in [0.3, 0.4) is 0 Å². The van der Waals surface area contributed by atoms with Crippen LogP contribution in [0.4, 0.5) is 8.78 Å². The number of halogens is 2. The van der Waals surface area contributed by atoms with Gasteiger partial charge in [-0.3, -0.25) is 4.79 Å². The number of hydrogen-bond acceptors (Lipinski definition) is 3.